The first-order valence-electron chi connectivity index (χ1n) is 8.07. The highest BCUT2D eigenvalue weighted by Gasteiger charge is 2.21. The van der Waals surface area contributed by atoms with Gasteiger partial charge in [0.1, 0.15) is 5.75 Å². The lowest BCUT2D eigenvalue weighted by Crippen LogP contribution is -2.48. The molecule has 1 aromatic carbocycles. The number of hydrogen-bond donors (Lipinski definition) is 0. The average Bonchev–Trinajstić information content (AvgIpc) is 2.64. The van der Waals surface area contributed by atoms with Gasteiger partial charge in [0.2, 0.25) is 5.88 Å². The lowest BCUT2D eigenvalue weighted by molar-refractivity contribution is 0.0643. The number of benzene rings is 1. The predicted octanol–water partition coefficient (Wildman–Crippen LogP) is 3.41. The number of halogens is 1. The molecule has 0 bridgehead atoms. The number of pyridine rings is 1. The highest BCUT2D eigenvalue weighted by molar-refractivity contribution is 9.10. The van der Waals surface area contributed by atoms with Gasteiger partial charge in [-0.3, -0.25) is 4.79 Å². The number of amides is 1. The van der Waals surface area contributed by atoms with Gasteiger partial charge in [0, 0.05) is 42.9 Å². The van der Waals surface area contributed by atoms with Crippen molar-refractivity contribution in [1.29, 1.82) is 0 Å². The van der Waals surface area contributed by atoms with Crippen LogP contribution in [0.25, 0.3) is 0 Å². The van der Waals surface area contributed by atoms with Gasteiger partial charge in [-0.1, -0.05) is 22.9 Å². The van der Waals surface area contributed by atoms with Gasteiger partial charge in [0.05, 0.1) is 5.56 Å². The van der Waals surface area contributed by atoms with Crippen LogP contribution in [0.15, 0.2) is 47.1 Å². The summed E-state index contributed by atoms with van der Waals surface area (Å²) in [7, 11) is 0. The first-order valence-corrected chi connectivity index (χ1v) is 8.86. The summed E-state index contributed by atoms with van der Waals surface area (Å²) in [6.07, 6.45) is 1.59. The van der Waals surface area contributed by atoms with Crippen LogP contribution in [0.3, 0.4) is 0 Å². The van der Waals surface area contributed by atoms with E-state index in [-0.39, 0.29) is 5.91 Å². The van der Waals surface area contributed by atoms with Gasteiger partial charge in [-0.25, -0.2) is 4.98 Å². The van der Waals surface area contributed by atoms with Crippen molar-refractivity contribution in [2.75, 3.05) is 32.7 Å². The molecule has 0 aliphatic carbocycles. The van der Waals surface area contributed by atoms with Gasteiger partial charge in [-0.2, -0.15) is 0 Å². The standard InChI is InChI=1S/C18H20BrN3O2/c1-2-21-9-11-22(12-10-21)18(23)14-3-8-17(20-13-14)24-16-6-4-15(19)5-7-16/h3-8,13H,2,9-12H2,1H3. The maximum Gasteiger partial charge on any atom is 0.255 e. The second-order valence-corrected chi connectivity index (χ2v) is 6.58. The first kappa shape index (κ1) is 16.9. The zero-order chi connectivity index (χ0) is 16.9. The van der Waals surface area contributed by atoms with Crippen LogP contribution >= 0.6 is 15.9 Å². The van der Waals surface area contributed by atoms with E-state index in [2.05, 4.69) is 32.7 Å². The first-order chi connectivity index (χ1) is 11.7. The van der Waals surface area contributed by atoms with Crippen LogP contribution in [0.5, 0.6) is 11.6 Å². The fourth-order valence-corrected chi connectivity index (χ4v) is 2.90. The molecule has 3 rings (SSSR count). The molecule has 1 fully saturated rings. The molecule has 126 valence electrons. The van der Waals surface area contributed by atoms with Crippen molar-refractivity contribution < 1.29 is 9.53 Å². The lowest BCUT2D eigenvalue weighted by Gasteiger charge is -2.34. The number of aromatic nitrogens is 1. The molecule has 5 nitrogen and oxygen atoms in total. The lowest BCUT2D eigenvalue weighted by atomic mass is 10.2. The molecule has 1 aliphatic rings. The molecule has 1 aliphatic heterocycles. The Morgan fingerprint density at radius 3 is 2.42 bits per heavy atom. The highest BCUT2D eigenvalue weighted by Crippen LogP contribution is 2.22. The Hall–Kier alpha value is -1.92. The summed E-state index contributed by atoms with van der Waals surface area (Å²) < 4.78 is 6.67. The van der Waals surface area contributed by atoms with E-state index in [1.54, 1.807) is 18.3 Å². The number of piperazine rings is 1. The van der Waals surface area contributed by atoms with E-state index >= 15 is 0 Å². The minimum Gasteiger partial charge on any atom is -0.439 e. The van der Waals surface area contributed by atoms with E-state index in [4.69, 9.17) is 4.74 Å². The van der Waals surface area contributed by atoms with Crippen LogP contribution in [-0.4, -0.2) is 53.4 Å². The van der Waals surface area contributed by atoms with Gasteiger partial charge in [-0.15, -0.1) is 0 Å². The van der Waals surface area contributed by atoms with Crippen molar-refractivity contribution in [2.45, 2.75) is 6.92 Å². The van der Waals surface area contributed by atoms with Crippen molar-refractivity contribution >= 4 is 21.8 Å². The summed E-state index contributed by atoms with van der Waals surface area (Å²) in [4.78, 5) is 21.0. The molecule has 1 amide bonds. The number of carbonyl (C=O) groups excluding carboxylic acids is 1. The van der Waals surface area contributed by atoms with Gasteiger partial charge in [0.15, 0.2) is 0 Å². The van der Waals surface area contributed by atoms with E-state index in [9.17, 15) is 4.79 Å². The molecule has 2 heterocycles. The summed E-state index contributed by atoms with van der Waals surface area (Å²) in [6.45, 7) is 6.58. The molecule has 1 aromatic heterocycles. The summed E-state index contributed by atoms with van der Waals surface area (Å²) in [6, 6.07) is 11.0. The third-order valence-corrected chi connectivity index (χ3v) is 4.65. The quantitative estimate of drug-likeness (QED) is 0.803. The molecule has 0 unspecified atom stereocenters. The smallest absolute Gasteiger partial charge is 0.255 e. The Morgan fingerprint density at radius 2 is 1.83 bits per heavy atom. The third kappa shape index (κ3) is 4.13. The molecule has 24 heavy (non-hydrogen) atoms. The van der Waals surface area contributed by atoms with Crippen LogP contribution in [-0.2, 0) is 0 Å². The van der Waals surface area contributed by atoms with Crippen LogP contribution in [0, 0.1) is 0 Å². The van der Waals surface area contributed by atoms with E-state index < -0.39 is 0 Å². The molecule has 0 saturated carbocycles. The number of carbonyl (C=O) groups is 1. The molecule has 2 aromatic rings. The summed E-state index contributed by atoms with van der Waals surface area (Å²) in [5.74, 6) is 1.22. The van der Waals surface area contributed by atoms with Gasteiger partial charge in [-0.05, 0) is 36.9 Å². The second-order valence-electron chi connectivity index (χ2n) is 5.67. The molecular formula is C18H20BrN3O2. The third-order valence-electron chi connectivity index (χ3n) is 4.13. The number of ether oxygens (including phenoxy) is 1. The number of nitrogens with zero attached hydrogens (tertiary/aromatic N) is 3. The van der Waals surface area contributed by atoms with E-state index in [1.165, 1.54) is 0 Å². The molecule has 0 spiro atoms. The molecule has 0 atom stereocenters. The van der Waals surface area contributed by atoms with Crippen LogP contribution in [0.2, 0.25) is 0 Å². The molecule has 1 saturated heterocycles. The zero-order valence-electron chi connectivity index (χ0n) is 13.6. The van der Waals surface area contributed by atoms with Crippen molar-refractivity contribution in [3.63, 3.8) is 0 Å². The summed E-state index contributed by atoms with van der Waals surface area (Å²) in [5, 5.41) is 0. The van der Waals surface area contributed by atoms with Crippen LogP contribution < -0.4 is 4.74 Å². The van der Waals surface area contributed by atoms with Crippen molar-refractivity contribution in [3.05, 3.63) is 52.6 Å². The van der Waals surface area contributed by atoms with Gasteiger partial charge in [0.25, 0.3) is 5.91 Å². The monoisotopic (exact) mass is 389 g/mol. The van der Waals surface area contributed by atoms with Crippen molar-refractivity contribution in [2.24, 2.45) is 0 Å². The Labute approximate surface area is 150 Å². The number of rotatable bonds is 4. The molecule has 6 heteroatoms. The Morgan fingerprint density at radius 1 is 1.12 bits per heavy atom. The molecule has 0 N–H and O–H groups in total. The highest BCUT2D eigenvalue weighted by atomic mass is 79.9. The second kappa shape index (κ2) is 7.77. The molecule has 0 radical (unpaired) electrons. The predicted molar refractivity (Wildman–Crippen MR) is 96.5 cm³/mol. The minimum atomic E-state index is 0.0356. The van der Waals surface area contributed by atoms with Crippen LogP contribution in [0.4, 0.5) is 0 Å². The number of likely N-dealkylation sites (N-methyl/N-ethyl adjacent to an activating group) is 1. The van der Waals surface area contributed by atoms with Crippen LogP contribution in [0.1, 0.15) is 17.3 Å². The maximum atomic E-state index is 12.5. The normalized spacial score (nSPS) is 15.3. The van der Waals surface area contributed by atoms with E-state index in [0.29, 0.717) is 17.2 Å². The largest absolute Gasteiger partial charge is 0.439 e. The SMILES string of the molecule is CCN1CCN(C(=O)c2ccc(Oc3ccc(Br)cc3)nc2)CC1. The zero-order valence-corrected chi connectivity index (χ0v) is 15.2. The topological polar surface area (TPSA) is 45.7 Å². The fourth-order valence-electron chi connectivity index (χ4n) is 2.64. The minimum absolute atomic E-state index is 0.0356. The van der Waals surface area contributed by atoms with E-state index in [0.717, 1.165) is 37.2 Å². The van der Waals surface area contributed by atoms with Crippen molar-refractivity contribution in [3.8, 4) is 11.6 Å². The Balaban J connectivity index is 1.61. The fraction of sp³-hybridized carbons (Fsp3) is 0.333. The van der Waals surface area contributed by atoms with Gasteiger partial charge >= 0.3 is 0 Å². The van der Waals surface area contributed by atoms with Crippen molar-refractivity contribution in [1.82, 2.24) is 14.8 Å². The Kier molecular flexibility index (Phi) is 5.48. The summed E-state index contributed by atoms with van der Waals surface area (Å²) >= 11 is 3.39. The summed E-state index contributed by atoms with van der Waals surface area (Å²) in [5.41, 5.74) is 0.600. The van der Waals surface area contributed by atoms with E-state index in [1.807, 2.05) is 29.2 Å². The molecular weight excluding hydrogens is 370 g/mol. The average molecular weight is 390 g/mol. The van der Waals surface area contributed by atoms with Gasteiger partial charge < -0.3 is 14.5 Å². The Bertz CT molecular complexity index is 680. The number of hydrogen-bond acceptors (Lipinski definition) is 4. The maximum absolute atomic E-state index is 12.5.